The maximum absolute atomic E-state index is 3.85. The molecule has 3 fully saturated rings. The molecule has 16 heavy (non-hydrogen) atoms. The van der Waals surface area contributed by atoms with Crippen LogP contribution in [-0.2, 0) is 0 Å². The summed E-state index contributed by atoms with van der Waals surface area (Å²) in [6, 6.07) is 0. The van der Waals surface area contributed by atoms with Gasteiger partial charge in [-0.25, -0.2) is 0 Å². The van der Waals surface area contributed by atoms with Crippen molar-refractivity contribution in [3.63, 3.8) is 0 Å². The first-order chi connectivity index (χ1) is 7.77. The predicted molar refractivity (Wildman–Crippen MR) is 67.5 cm³/mol. The van der Waals surface area contributed by atoms with Crippen molar-refractivity contribution in [3.05, 3.63) is 0 Å². The standard InChI is InChI=1S/C14H26N2/c1-12-9-13(12)10-16-8-4-7-15-14(11-16)5-2-3-6-14/h12-13,15H,2-11H2,1H3. The molecule has 2 heteroatoms. The van der Waals surface area contributed by atoms with Gasteiger partial charge in [0, 0.05) is 18.6 Å². The molecule has 0 aromatic rings. The van der Waals surface area contributed by atoms with E-state index in [1.54, 1.807) is 0 Å². The fourth-order valence-corrected chi connectivity index (χ4v) is 3.75. The summed E-state index contributed by atoms with van der Waals surface area (Å²) in [4.78, 5) is 2.76. The topological polar surface area (TPSA) is 15.3 Å². The zero-order valence-corrected chi connectivity index (χ0v) is 10.7. The zero-order valence-electron chi connectivity index (χ0n) is 10.7. The lowest BCUT2D eigenvalue weighted by atomic mass is 9.97. The van der Waals surface area contributed by atoms with E-state index < -0.39 is 0 Å². The normalized spacial score (nSPS) is 38.8. The van der Waals surface area contributed by atoms with E-state index in [2.05, 4.69) is 17.1 Å². The van der Waals surface area contributed by atoms with Crippen molar-refractivity contribution in [2.45, 2.75) is 51.0 Å². The van der Waals surface area contributed by atoms with Gasteiger partial charge in [-0.3, -0.25) is 0 Å². The Balaban J connectivity index is 1.60. The van der Waals surface area contributed by atoms with Gasteiger partial charge in [0.15, 0.2) is 0 Å². The Labute approximate surface area is 99.8 Å². The van der Waals surface area contributed by atoms with E-state index in [1.165, 1.54) is 64.7 Å². The van der Waals surface area contributed by atoms with E-state index in [0.29, 0.717) is 5.54 Å². The summed E-state index contributed by atoms with van der Waals surface area (Å²) in [5, 5.41) is 3.85. The van der Waals surface area contributed by atoms with Crippen molar-refractivity contribution in [1.29, 1.82) is 0 Å². The van der Waals surface area contributed by atoms with Crippen LogP contribution in [-0.4, -0.2) is 36.6 Å². The van der Waals surface area contributed by atoms with Gasteiger partial charge in [-0.05, 0) is 50.6 Å². The quantitative estimate of drug-likeness (QED) is 0.771. The third kappa shape index (κ3) is 2.28. The van der Waals surface area contributed by atoms with Gasteiger partial charge in [-0.1, -0.05) is 19.8 Å². The van der Waals surface area contributed by atoms with E-state index >= 15 is 0 Å². The first-order valence-corrected chi connectivity index (χ1v) is 7.25. The summed E-state index contributed by atoms with van der Waals surface area (Å²) in [6.45, 7) is 7.70. The Kier molecular flexibility index (Phi) is 2.97. The molecule has 2 saturated carbocycles. The lowest BCUT2D eigenvalue weighted by molar-refractivity contribution is 0.201. The number of nitrogens with one attached hydrogen (secondary N) is 1. The Bertz CT molecular complexity index is 245. The fourth-order valence-electron chi connectivity index (χ4n) is 3.75. The molecule has 0 amide bonds. The highest BCUT2D eigenvalue weighted by Gasteiger charge is 2.39. The molecule has 0 aromatic heterocycles. The fraction of sp³-hybridized carbons (Fsp3) is 1.00. The molecule has 3 aliphatic rings. The van der Waals surface area contributed by atoms with Gasteiger partial charge >= 0.3 is 0 Å². The Morgan fingerprint density at radius 2 is 2.00 bits per heavy atom. The van der Waals surface area contributed by atoms with Crippen LogP contribution in [0, 0.1) is 11.8 Å². The summed E-state index contributed by atoms with van der Waals surface area (Å²) in [5.41, 5.74) is 0.509. The third-order valence-electron chi connectivity index (χ3n) is 5.01. The van der Waals surface area contributed by atoms with Crippen LogP contribution in [0.4, 0.5) is 0 Å². The summed E-state index contributed by atoms with van der Waals surface area (Å²) in [5.74, 6) is 2.03. The van der Waals surface area contributed by atoms with Gasteiger partial charge in [0.05, 0.1) is 0 Å². The second kappa shape index (κ2) is 4.30. The van der Waals surface area contributed by atoms with E-state index in [0.717, 1.165) is 11.8 Å². The van der Waals surface area contributed by atoms with Gasteiger partial charge in [0.2, 0.25) is 0 Å². The number of rotatable bonds is 2. The highest BCUT2D eigenvalue weighted by Crippen LogP contribution is 2.39. The second-order valence-electron chi connectivity index (χ2n) is 6.48. The van der Waals surface area contributed by atoms with Crippen molar-refractivity contribution in [3.8, 4) is 0 Å². The van der Waals surface area contributed by atoms with Gasteiger partial charge in [0.25, 0.3) is 0 Å². The van der Waals surface area contributed by atoms with Crippen molar-refractivity contribution >= 4 is 0 Å². The minimum Gasteiger partial charge on any atom is -0.310 e. The third-order valence-corrected chi connectivity index (χ3v) is 5.01. The number of nitrogens with zero attached hydrogens (tertiary/aromatic N) is 1. The summed E-state index contributed by atoms with van der Waals surface area (Å²) in [7, 11) is 0. The predicted octanol–water partition coefficient (Wildman–Crippen LogP) is 2.25. The highest BCUT2D eigenvalue weighted by atomic mass is 15.2. The van der Waals surface area contributed by atoms with Crippen LogP contribution < -0.4 is 5.32 Å². The molecule has 1 aliphatic heterocycles. The van der Waals surface area contributed by atoms with Crippen molar-refractivity contribution in [2.75, 3.05) is 26.2 Å². The highest BCUT2D eigenvalue weighted by molar-refractivity contribution is 4.98. The molecule has 2 unspecified atom stereocenters. The summed E-state index contributed by atoms with van der Waals surface area (Å²) in [6.07, 6.45) is 8.56. The average molecular weight is 222 g/mol. The first-order valence-electron chi connectivity index (χ1n) is 7.25. The smallest absolute Gasteiger partial charge is 0.0308 e. The molecular weight excluding hydrogens is 196 g/mol. The van der Waals surface area contributed by atoms with Gasteiger partial charge < -0.3 is 10.2 Å². The molecule has 1 saturated heterocycles. The van der Waals surface area contributed by atoms with E-state index in [1.807, 2.05) is 0 Å². The second-order valence-corrected chi connectivity index (χ2v) is 6.48. The molecule has 3 rings (SSSR count). The molecule has 2 nitrogen and oxygen atoms in total. The van der Waals surface area contributed by atoms with E-state index in [9.17, 15) is 0 Å². The molecule has 0 aromatic carbocycles. The Morgan fingerprint density at radius 3 is 2.69 bits per heavy atom. The monoisotopic (exact) mass is 222 g/mol. The van der Waals surface area contributed by atoms with Crippen LogP contribution >= 0.6 is 0 Å². The van der Waals surface area contributed by atoms with Gasteiger partial charge in [0.1, 0.15) is 0 Å². The molecule has 0 bridgehead atoms. The Morgan fingerprint density at radius 1 is 1.25 bits per heavy atom. The first kappa shape index (κ1) is 11.0. The van der Waals surface area contributed by atoms with Crippen molar-refractivity contribution in [2.24, 2.45) is 11.8 Å². The minimum atomic E-state index is 0.509. The lowest BCUT2D eigenvalue weighted by Crippen LogP contribution is -2.49. The SMILES string of the molecule is CC1CC1CN1CCCNC2(CCCC2)C1. The van der Waals surface area contributed by atoms with Gasteiger partial charge in [-0.15, -0.1) is 0 Å². The van der Waals surface area contributed by atoms with Gasteiger partial charge in [-0.2, -0.15) is 0 Å². The van der Waals surface area contributed by atoms with E-state index in [-0.39, 0.29) is 0 Å². The summed E-state index contributed by atoms with van der Waals surface area (Å²) < 4.78 is 0. The minimum absolute atomic E-state index is 0.509. The van der Waals surface area contributed by atoms with Crippen LogP contribution in [0.15, 0.2) is 0 Å². The summed E-state index contributed by atoms with van der Waals surface area (Å²) >= 11 is 0. The molecule has 2 atom stereocenters. The van der Waals surface area contributed by atoms with E-state index in [4.69, 9.17) is 0 Å². The van der Waals surface area contributed by atoms with Crippen LogP contribution in [0.25, 0.3) is 0 Å². The molecule has 1 spiro atoms. The average Bonchev–Trinajstić information content (AvgIpc) is 2.80. The molecule has 1 heterocycles. The molecular formula is C14H26N2. The molecule has 1 N–H and O–H groups in total. The lowest BCUT2D eigenvalue weighted by Gasteiger charge is -2.33. The maximum Gasteiger partial charge on any atom is 0.0308 e. The van der Waals surface area contributed by atoms with Crippen LogP contribution in [0.3, 0.4) is 0 Å². The Hall–Kier alpha value is -0.0800. The van der Waals surface area contributed by atoms with Crippen molar-refractivity contribution < 1.29 is 0 Å². The van der Waals surface area contributed by atoms with Crippen LogP contribution in [0.2, 0.25) is 0 Å². The molecule has 92 valence electrons. The zero-order chi connectivity index (χ0) is 11.0. The largest absolute Gasteiger partial charge is 0.310 e. The molecule has 2 aliphatic carbocycles. The van der Waals surface area contributed by atoms with Crippen LogP contribution in [0.1, 0.15) is 45.4 Å². The maximum atomic E-state index is 3.85. The van der Waals surface area contributed by atoms with Crippen molar-refractivity contribution in [1.82, 2.24) is 10.2 Å². The number of hydrogen-bond donors (Lipinski definition) is 1. The number of hydrogen-bond acceptors (Lipinski definition) is 2. The van der Waals surface area contributed by atoms with Crippen LogP contribution in [0.5, 0.6) is 0 Å². The molecule has 0 radical (unpaired) electrons.